The molecule has 0 aliphatic carbocycles. The molecule has 114 valence electrons. The van der Waals surface area contributed by atoms with Crippen LogP contribution >= 0.6 is 0 Å². The summed E-state index contributed by atoms with van der Waals surface area (Å²) < 4.78 is 5.21. The van der Waals surface area contributed by atoms with Crippen LogP contribution in [0, 0.1) is 20.8 Å². The van der Waals surface area contributed by atoms with Crippen LogP contribution in [-0.2, 0) is 0 Å². The SMILES string of the molecule is COc1ccc(N2CCC(c3c(C)cc(C)cc3C)=N2)cc1. The molecule has 2 aromatic rings. The van der Waals surface area contributed by atoms with Crippen molar-refractivity contribution < 1.29 is 4.74 Å². The Balaban J connectivity index is 1.91. The third-order valence-electron chi connectivity index (χ3n) is 4.14. The van der Waals surface area contributed by atoms with Gasteiger partial charge in [-0.05, 0) is 56.2 Å². The number of methoxy groups -OCH3 is 1. The van der Waals surface area contributed by atoms with E-state index in [9.17, 15) is 0 Å². The maximum atomic E-state index is 5.21. The van der Waals surface area contributed by atoms with Gasteiger partial charge < -0.3 is 4.74 Å². The van der Waals surface area contributed by atoms with E-state index in [1.165, 1.54) is 28.0 Å². The van der Waals surface area contributed by atoms with Crippen molar-refractivity contribution in [2.75, 3.05) is 18.7 Å². The fraction of sp³-hybridized carbons (Fsp3) is 0.316. The van der Waals surface area contributed by atoms with E-state index in [2.05, 4.69) is 50.0 Å². The standard InChI is InChI=1S/C19H22N2O/c1-13-11-14(2)19(15(3)12-13)18-9-10-21(20-18)16-5-7-17(22-4)8-6-16/h5-8,11-12H,9-10H2,1-4H3. The number of rotatable bonds is 3. The smallest absolute Gasteiger partial charge is 0.119 e. The summed E-state index contributed by atoms with van der Waals surface area (Å²) in [5.74, 6) is 0.873. The molecule has 1 aliphatic rings. The van der Waals surface area contributed by atoms with E-state index in [4.69, 9.17) is 9.84 Å². The monoisotopic (exact) mass is 294 g/mol. The number of ether oxygens (including phenoxy) is 1. The van der Waals surface area contributed by atoms with Gasteiger partial charge in [-0.3, -0.25) is 5.01 Å². The van der Waals surface area contributed by atoms with Crippen LogP contribution in [-0.4, -0.2) is 19.4 Å². The maximum Gasteiger partial charge on any atom is 0.119 e. The second-order valence-electron chi connectivity index (χ2n) is 5.89. The van der Waals surface area contributed by atoms with Crippen LogP contribution in [0.3, 0.4) is 0 Å². The summed E-state index contributed by atoms with van der Waals surface area (Å²) in [7, 11) is 1.68. The molecule has 1 aliphatic heterocycles. The van der Waals surface area contributed by atoms with Crippen LogP contribution in [0.15, 0.2) is 41.5 Å². The van der Waals surface area contributed by atoms with E-state index in [0.29, 0.717) is 0 Å². The summed E-state index contributed by atoms with van der Waals surface area (Å²) in [4.78, 5) is 0. The van der Waals surface area contributed by atoms with E-state index < -0.39 is 0 Å². The van der Waals surface area contributed by atoms with Crippen molar-refractivity contribution in [3.8, 4) is 5.75 Å². The highest BCUT2D eigenvalue weighted by atomic mass is 16.5. The second kappa shape index (κ2) is 5.84. The molecular formula is C19H22N2O. The lowest BCUT2D eigenvalue weighted by Gasteiger charge is -2.14. The number of aryl methyl sites for hydroxylation is 3. The van der Waals surface area contributed by atoms with Gasteiger partial charge in [0.05, 0.1) is 18.5 Å². The summed E-state index contributed by atoms with van der Waals surface area (Å²) in [6, 6.07) is 12.5. The van der Waals surface area contributed by atoms with Crippen LogP contribution in [0.2, 0.25) is 0 Å². The molecule has 0 fully saturated rings. The van der Waals surface area contributed by atoms with E-state index in [-0.39, 0.29) is 0 Å². The fourth-order valence-corrected chi connectivity index (χ4v) is 3.21. The van der Waals surface area contributed by atoms with Crippen LogP contribution in [0.4, 0.5) is 5.69 Å². The number of hydrogen-bond donors (Lipinski definition) is 0. The number of benzene rings is 2. The van der Waals surface area contributed by atoms with E-state index in [0.717, 1.165) is 24.4 Å². The second-order valence-corrected chi connectivity index (χ2v) is 5.89. The van der Waals surface area contributed by atoms with E-state index >= 15 is 0 Å². The van der Waals surface area contributed by atoms with Crippen LogP contribution < -0.4 is 9.75 Å². The average Bonchev–Trinajstić information content (AvgIpc) is 2.96. The van der Waals surface area contributed by atoms with Gasteiger partial charge in [0.15, 0.2) is 0 Å². The molecule has 22 heavy (non-hydrogen) atoms. The topological polar surface area (TPSA) is 24.8 Å². The third-order valence-corrected chi connectivity index (χ3v) is 4.14. The van der Waals surface area contributed by atoms with Crippen molar-refractivity contribution in [1.29, 1.82) is 0 Å². The highest BCUT2D eigenvalue weighted by molar-refractivity contribution is 6.05. The Labute approximate surface area is 132 Å². The normalized spacial score (nSPS) is 14.2. The zero-order valence-electron chi connectivity index (χ0n) is 13.7. The number of hydrazone groups is 1. The fourth-order valence-electron chi connectivity index (χ4n) is 3.21. The van der Waals surface area contributed by atoms with Crippen LogP contribution in [0.5, 0.6) is 5.75 Å². The predicted molar refractivity (Wildman–Crippen MR) is 92.1 cm³/mol. The van der Waals surface area contributed by atoms with Crippen molar-refractivity contribution in [1.82, 2.24) is 0 Å². The van der Waals surface area contributed by atoms with Crippen LogP contribution in [0.1, 0.15) is 28.7 Å². The van der Waals surface area contributed by atoms with Gasteiger partial charge >= 0.3 is 0 Å². The Kier molecular flexibility index (Phi) is 3.88. The average molecular weight is 294 g/mol. The van der Waals surface area contributed by atoms with Crippen molar-refractivity contribution in [2.45, 2.75) is 27.2 Å². The lowest BCUT2D eigenvalue weighted by atomic mass is 9.95. The minimum Gasteiger partial charge on any atom is -0.497 e. The molecule has 0 radical (unpaired) electrons. The largest absolute Gasteiger partial charge is 0.497 e. The summed E-state index contributed by atoms with van der Waals surface area (Å²) in [6.07, 6.45) is 0.983. The first-order chi connectivity index (χ1) is 10.6. The summed E-state index contributed by atoms with van der Waals surface area (Å²) >= 11 is 0. The van der Waals surface area contributed by atoms with Crippen molar-refractivity contribution >= 4 is 11.4 Å². The first-order valence-corrected chi connectivity index (χ1v) is 7.66. The zero-order chi connectivity index (χ0) is 15.7. The van der Waals surface area contributed by atoms with Gasteiger partial charge in [0.1, 0.15) is 5.75 Å². The highest BCUT2D eigenvalue weighted by Crippen LogP contribution is 2.26. The highest BCUT2D eigenvalue weighted by Gasteiger charge is 2.20. The van der Waals surface area contributed by atoms with Gasteiger partial charge in [-0.2, -0.15) is 5.10 Å². The van der Waals surface area contributed by atoms with Crippen LogP contribution in [0.25, 0.3) is 0 Å². The lowest BCUT2D eigenvalue weighted by Crippen LogP contribution is -2.11. The van der Waals surface area contributed by atoms with Crippen molar-refractivity contribution in [2.24, 2.45) is 5.10 Å². The molecule has 3 nitrogen and oxygen atoms in total. The van der Waals surface area contributed by atoms with Gasteiger partial charge in [-0.1, -0.05) is 17.7 Å². The summed E-state index contributed by atoms with van der Waals surface area (Å²) in [6.45, 7) is 7.42. The summed E-state index contributed by atoms with van der Waals surface area (Å²) in [5.41, 5.74) is 7.54. The summed E-state index contributed by atoms with van der Waals surface area (Å²) in [5, 5.41) is 6.92. The van der Waals surface area contributed by atoms with Crippen molar-refractivity contribution in [3.05, 3.63) is 58.7 Å². The molecule has 0 unspecified atom stereocenters. The Morgan fingerprint density at radius 1 is 1.00 bits per heavy atom. The van der Waals surface area contributed by atoms with Gasteiger partial charge in [0, 0.05) is 18.5 Å². The molecule has 3 rings (SSSR count). The van der Waals surface area contributed by atoms with Gasteiger partial charge in [0.2, 0.25) is 0 Å². The molecule has 0 spiro atoms. The lowest BCUT2D eigenvalue weighted by molar-refractivity contribution is 0.415. The molecule has 1 heterocycles. The molecule has 0 aromatic heterocycles. The number of nitrogens with zero attached hydrogens (tertiary/aromatic N) is 2. The molecule has 0 N–H and O–H groups in total. The van der Waals surface area contributed by atoms with E-state index in [1.807, 2.05) is 12.1 Å². The molecule has 0 bridgehead atoms. The Bertz CT molecular complexity index is 694. The third kappa shape index (κ3) is 2.71. The molecule has 0 amide bonds. The van der Waals surface area contributed by atoms with Crippen molar-refractivity contribution in [3.63, 3.8) is 0 Å². The first kappa shape index (κ1) is 14.6. The Morgan fingerprint density at radius 2 is 1.64 bits per heavy atom. The zero-order valence-corrected chi connectivity index (χ0v) is 13.7. The molecule has 0 saturated heterocycles. The quantitative estimate of drug-likeness (QED) is 0.846. The van der Waals surface area contributed by atoms with Gasteiger partial charge in [0.25, 0.3) is 0 Å². The predicted octanol–water partition coefficient (Wildman–Crippen LogP) is 4.23. The Hall–Kier alpha value is -2.29. The minimum absolute atomic E-state index is 0.873. The number of hydrogen-bond acceptors (Lipinski definition) is 3. The first-order valence-electron chi connectivity index (χ1n) is 7.66. The maximum absolute atomic E-state index is 5.21. The number of anilines is 1. The minimum atomic E-state index is 0.873. The molecule has 2 aromatic carbocycles. The van der Waals surface area contributed by atoms with Gasteiger partial charge in [-0.15, -0.1) is 0 Å². The van der Waals surface area contributed by atoms with Gasteiger partial charge in [-0.25, -0.2) is 0 Å². The molecule has 0 saturated carbocycles. The Morgan fingerprint density at radius 3 is 2.23 bits per heavy atom. The molecular weight excluding hydrogens is 272 g/mol. The molecule has 0 atom stereocenters. The van der Waals surface area contributed by atoms with E-state index in [1.54, 1.807) is 7.11 Å². The molecule has 3 heteroatoms.